The zero-order valence-corrected chi connectivity index (χ0v) is 12.0. The highest BCUT2D eigenvalue weighted by molar-refractivity contribution is 5.96. The maximum atomic E-state index is 13.1. The van der Waals surface area contributed by atoms with Crippen molar-refractivity contribution in [2.24, 2.45) is 0 Å². The third-order valence-electron chi connectivity index (χ3n) is 4.10. The lowest BCUT2D eigenvalue weighted by molar-refractivity contribution is -0.140. The Balaban J connectivity index is 2.26. The molecule has 1 aromatic carbocycles. The fraction of sp³-hybridized carbons (Fsp3) is 0.375. The van der Waals surface area contributed by atoms with Crippen LogP contribution in [0.4, 0.5) is 18.9 Å². The van der Waals surface area contributed by atoms with Gasteiger partial charge in [0.2, 0.25) is 0 Å². The summed E-state index contributed by atoms with van der Waals surface area (Å²) in [6, 6.07) is 5.83. The number of anilines is 1. The van der Waals surface area contributed by atoms with E-state index in [-0.39, 0.29) is 11.6 Å². The summed E-state index contributed by atoms with van der Waals surface area (Å²) in [4.78, 5) is 16.6. The second kappa shape index (κ2) is 5.26. The second-order valence-electron chi connectivity index (χ2n) is 5.60. The maximum Gasteiger partial charge on any atom is 0.433 e. The molecule has 2 heterocycles. The van der Waals surface area contributed by atoms with Crippen molar-refractivity contribution in [1.29, 1.82) is 0 Å². The van der Waals surface area contributed by atoms with Crippen molar-refractivity contribution in [3.05, 3.63) is 35.5 Å². The van der Waals surface area contributed by atoms with Gasteiger partial charge in [-0.3, -0.25) is 4.79 Å². The van der Waals surface area contributed by atoms with Crippen molar-refractivity contribution in [1.82, 2.24) is 4.98 Å². The molecule has 116 valence electrons. The van der Waals surface area contributed by atoms with Gasteiger partial charge < -0.3 is 4.90 Å². The molecule has 1 unspecified atom stereocenters. The number of aldehydes is 1. The lowest BCUT2D eigenvalue weighted by Crippen LogP contribution is -2.27. The van der Waals surface area contributed by atoms with Gasteiger partial charge in [-0.05, 0) is 44.0 Å². The zero-order valence-electron chi connectivity index (χ0n) is 12.0. The van der Waals surface area contributed by atoms with Crippen LogP contribution >= 0.6 is 0 Å². The normalized spacial score (nSPS) is 18.9. The van der Waals surface area contributed by atoms with Crippen LogP contribution in [0.15, 0.2) is 24.3 Å². The van der Waals surface area contributed by atoms with Crippen LogP contribution in [0.1, 0.15) is 35.8 Å². The number of hydrogen-bond donors (Lipinski definition) is 0. The fourth-order valence-electron chi connectivity index (χ4n) is 2.97. The van der Waals surface area contributed by atoms with E-state index in [0.717, 1.165) is 18.9 Å². The summed E-state index contributed by atoms with van der Waals surface area (Å²) in [6.07, 6.45) is -1.91. The van der Waals surface area contributed by atoms with E-state index in [1.165, 1.54) is 12.1 Å². The lowest BCUT2D eigenvalue weighted by Gasteiger charge is -2.26. The van der Waals surface area contributed by atoms with Crippen molar-refractivity contribution in [3.63, 3.8) is 0 Å². The summed E-state index contributed by atoms with van der Waals surface area (Å²) in [5, 5.41) is 0.589. The number of aromatic nitrogens is 1. The van der Waals surface area contributed by atoms with E-state index < -0.39 is 11.9 Å². The van der Waals surface area contributed by atoms with Gasteiger partial charge in [-0.25, -0.2) is 4.98 Å². The number of rotatable bonds is 2. The summed E-state index contributed by atoms with van der Waals surface area (Å²) in [7, 11) is 0. The predicted molar refractivity (Wildman–Crippen MR) is 78.2 cm³/mol. The lowest BCUT2D eigenvalue weighted by atomic mass is 10.1. The first-order chi connectivity index (χ1) is 10.4. The third kappa shape index (κ3) is 2.53. The van der Waals surface area contributed by atoms with E-state index in [1.54, 1.807) is 6.07 Å². The molecule has 1 aliphatic heterocycles. The number of pyridine rings is 1. The van der Waals surface area contributed by atoms with Crippen LogP contribution in [0.5, 0.6) is 0 Å². The van der Waals surface area contributed by atoms with Crippen LogP contribution < -0.4 is 4.90 Å². The Morgan fingerprint density at radius 1 is 1.32 bits per heavy atom. The van der Waals surface area contributed by atoms with E-state index in [1.807, 2.05) is 11.8 Å². The molecule has 0 spiro atoms. The molecule has 3 nitrogen and oxygen atoms in total. The SMILES string of the molecule is CC1CCCN1c1cc(C(F)(F)F)nc2ccc(C=O)cc12. The Hall–Kier alpha value is -2.11. The molecule has 1 saturated heterocycles. The molecule has 0 radical (unpaired) electrons. The number of nitrogens with zero attached hydrogens (tertiary/aromatic N) is 2. The molecule has 0 N–H and O–H groups in total. The Bertz CT molecular complexity index is 727. The number of hydrogen-bond acceptors (Lipinski definition) is 3. The van der Waals surface area contributed by atoms with Gasteiger partial charge in [-0.1, -0.05) is 0 Å². The number of fused-ring (bicyclic) bond motifs is 1. The highest BCUT2D eigenvalue weighted by atomic mass is 19.4. The van der Waals surface area contributed by atoms with E-state index in [4.69, 9.17) is 0 Å². The third-order valence-corrected chi connectivity index (χ3v) is 4.10. The highest BCUT2D eigenvalue weighted by Crippen LogP contribution is 2.37. The predicted octanol–water partition coefficient (Wildman–Crippen LogP) is 4.05. The van der Waals surface area contributed by atoms with Gasteiger partial charge in [-0.15, -0.1) is 0 Å². The first kappa shape index (κ1) is 14.8. The Morgan fingerprint density at radius 3 is 2.68 bits per heavy atom. The number of halogens is 3. The first-order valence-corrected chi connectivity index (χ1v) is 7.14. The number of benzene rings is 1. The smallest absolute Gasteiger partial charge is 0.368 e. The minimum Gasteiger partial charge on any atom is -0.368 e. The summed E-state index contributed by atoms with van der Waals surface area (Å²) in [6.45, 7) is 2.71. The van der Waals surface area contributed by atoms with Crippen LogP contribution in [-0.4, -0.2) is 23.9 Å². The Kier molecular flexibility index (Phi) is 3.54. The first-order valence-electron chi connectivity index (χ1n) is 7.14. The molecule has 1 fully saturated rings. The van der Waals surface area contributed by atoms with Gasteiger partial charge in [0, 0.05) is 29.2 Å². The number of carbonyl (C=O) groups is 1. The van der Waals surface area contributed by atoms with Crippen molar-refractivity contribution in [2.45, 2.75) is 32.0 Å². The molecule has 2 aromatic rings. The van der Waals surface area contributed by atoms with Gasteiger partial charge in [0.15, 0.2) is 0 Å². The van der Waals surface area contributed by atoms with Crippen molar-refractivity contribution >= 4 is 22.9 Å². The van der Waals surface area contributed by atoms with E-state index in [0.29, 0.717) is 29.5 Å². The van der Waals surface area contributed by atoms with Gasteiger partial charge in [0.1, 0.15) is 12.0 Å². The maximum absolute atomic E-state index is 13.1. The molecule has 0 bridgehead atoms. The van der Waals surface area contributed by atoms with Gasteiger partial charge in [0.25, 0.3) is 0 Å². The largest absolute Gasteiger partial charge is 0.433 e. The molecule has 22 heavy (non-hydrogen) atoms. The monoisotopic (exact) mass is 308 g/mol. The Labute approximate surface area is 125 Å². The molecule has 3 rings (SSSR count). The number of carbonyl (C=O) groups excluding carboxylic acids is 1. The van der Waals surface area contributed by atoms with Crippen LogP contribution in [0.2, 0.25) is 0 Å². The van der Waals surface area contributed by atoms with Gasteiger partial charge in [0.05, 0.1) is 5.52 Å². The highest BCUT2D eigenvalue weighted by Gasteiger charge is 2.34. The van der Waals surface area contributed by atoms with Crippen LogP contribution in [0.25, 0.3) is 10.9 Å². The standard InChI is InChI=1S/C16H15F3N2O/c1-10-3-2-6-21(10)14-8-15(16(17,18)19)20-13-5-4-11(9-22)7-12(13)14/h4-5,7-10H,2-3,6H2,1H3. The van der Waals surface area contributed by atoms with E-state index >= 15 is 0 Å². The molecular weight excluding hydrogens is 293 g/mol. The Morgan fingerprint density at radius 2 is 2.09 bits per heavy atom. The summed E-state index contributed by atoms with van der Waals surface area (Å²) >= 11 is 0. The second-order valence-corrected chi connectivity index (χ2v) is 5.60. The summed E-state index contributed by atoms with van der Waals surface area (Å²) in [5.41, 5.74) is 0.302. The van der Waals surface area contributed by atoms with Crippen LogP contribution in [0.3, 0.4) is 0 Å². The molecular formula is C16H15F3N2O. The minimum absolute atomic E-state index is 0.173. The molecule has 6 heteroatoms. The molecule has 0 saturated carbocycles. The number of alkyl halides is 3. The average Bonchev–Trinajstić information content (AvgIpc) is 2.90. The molecule has 1 atom stereocenters. The van der Waals surface area contributed by atoms with E-state index in [9.17, 15) is 18.0 Å². The van der Waals surface area contributed by atoms with Gasteiger partial charge >= 0.3 is 6.18 Å². The van der Waals surface area contributed by atoms with Crippen LogP contribution in [-0.2, 0) is 6.18 Å². The fourth-order valence-corrected chi connectivity index (χ4v) is 2.97. The minimum atomic E-state index is -4.49. The van der Waals surface area contributed by atoms with Crippen LogP contribution in [0, 0.1) is 0 Å². The molecule has 1 aliphatic rings. The summed E-state index contributed by atoms with van der Waals surface area (Å²) in [5.74, 6) is 0. The zero-order chi connectivity index (χ0) is 15.9. The average molecular weight is 308 g/mol. The topological polar surface area (TPSA) is 33.2 Å². The summed E-state index contributed by atoms with van der Waals surface area (Å²) < 4.78 is 39.3. The van der Waals surface area contributed by atoms with Crippen molar-refractivity contribution < 1.29 is 18.0 Å². The molecule has 0 amide bonds. The van der Waals surface area contributed by atoms with Gasteiger partial charge in [-0.2, -0.15) is 13.2 Å². The molecule has 0 aliphatic carbocycles. The van der Waals surface area contributed by atoms with Crippen molar-refractivity contribution in [3.8, 4) is 0 Å². The quantitative estimate of drug-likeness (QED) is 0.785. The van der Waals surface area contributed by atoms with Crippen molar-refractivity contribution in [2.75, 3.05) is 11.4 Å². The van der Waals surface area contributed by atoms with E-state index in [2.05, 4.69) is 4.98 Å². The molecule has 1 aromatic heterocycles.